The lowest BCUT2D eigenvalue weighted by Crippen LogP contribution is -2.19. The van der Waals surface area contributed by atoms with E-state index in [1.807, 2.05) is 7.05 Å². The van der Waals surface area contributed by atoms with Crippen molar-refractivity contribution in [2.24, 2.45) is 0 Å². The molecule has 0 aliphatic heterocycles. The van der Waals surface area contributed by atoms with Gasteiger partial charge in [0, 0.05) is 23.7 Å². The molecule has 3 heteroatoms. The minimum atomic E-state index is -0.00807. The van der Waals surface area contributed by atoms with Gasteiger partial charge in [0.2, 0.25) is 0 Å². The van der Waals surface area contributed by atoms with Crippen LogP contribution in [0.5, 0.6) is 0 Å². The van der Waals surface area contributed by atoms with Crippen molar-refractivity contribution < 1.29 is 0 Å². The Kier molecular flexibility index (Phi) is 3.56. The topological polar surface area (TPSA) is 37.8 Å². The standard InChI is InChI=1S/C13H23N3/c1-8(2)10-9(3)15-12(13(4,5)6)16-11(10)14-7/h8H,1-7H3,(H,14,15,16). The van der Waals surface area contributed by atoms with E-state index in [1.54, 1.807) is 0 Å². The summed E-state index contributed by atoms with van der Waals surface area (Å²) < 4.78 is 0. The van der Waals surface area contributed by atoms with Gasteiger partial charge in [-0.05, 0) is 12.8 Å². The number of rotatable bonds is 2. The van der Waals surface area contributed by atoms with E-state index < -0.39 is 0 Å². The third-order valence-electron chi connectivity index (χ3n) is 2.62. The van der Waals surface area contributed by atoms with Crippen LogP contribution in [-0.2, 0) is 5.41 Å². The predicted molar refractivity (Wildman–Crippen MR) is 69.1 cm³/mol. The highest BCUT2D eigenvalue weighted by molar-refractivity contribution is 5.48. The number of hydrogen-bond acceptors (Lipinski definition) is 3. The maximum absolute atomic E-state index is 4.62. The largest absolute Gasteiger partial charge is 0.373 e. The molecular weight excluding hydrogens is 198 g/mol. The fourth-order valence-electron chi connectivity index (χ4n) is 1.80. The molecule has 0 amide bonds. The van der Waals surface area contributed by atoms with Gasteiger partial charge >= 0.3 is 0 Å². The molecule has 1 N–H and O–H groups in total. The first-order valence-corrected chi connectivity index (χ1v) is 5.84. The Balaban J connectivity index is 3.38. The summed E-state index contributed by atoms with van der Waals surface area (Å²) in [5.74, 6) is 2.31. The summed E-state index contributed by atoms with van der Waals surface area (Å²) in [4.78, 5) is 9.25. The second-order valence-electron chi connectivity index (χ2n) is 5.55. The zero-order valence-electron chi connectivity index (χ0n) is 11.5. The molecule has 0 radical (unpaired) electrons. The Morgan fingerprint density at radius 3 is 2.06 bits per heavy atom. The van der Waals surface area contributed by atoms with E-state index in [1.165, 1.54) is 5.56 Å². The summed E-state index contributed by atoms with van der Waals surface area (Å²) in [5.41, 5.74) is 2.29. The van der Waals surface area contributed by atoms with Crippen LogP contribution in [0.15, 0.2) is 0 Å². The lowest BCUT2D eigenvalue weighted by Gasteiger charge is -2.21. The molecule has 90 valence electrons. The van der Waals surface area contributed by atoms with Crippen LogP contribution in [0.1, 0.15) is 57.6 Å². The van der Waals surface area contributed by atoms with Crippen LogP contribution in [-0.4, -0.2) is 17.0 Å². The van der Waals surface area contributed by atoms with Crippen LogP contribution in [0, 0.1) is 6.92 Å². The molecule has 0 fully saturated rings. The first kappa shape index (κ1) is 12.9. The highest BCUT2D eigenvalue weighted by Crippen LogP contribution is 2.28. The Morgan fingerprint density at radius 1 is 1.12 bits per heavy atom. The molecule has 0 spiro atoms. The van der Waals surface area contributed by atoms with Gasteiger partial charge in [0.05, 0.1) is 0 Å². The molecule has 0 bridgehead atoms. The number of nitrogens with one attached hydrogen (secondary N) is 1. The van der Waals surface area contributed by atoms with Crippen molar-refractivity contribution in [3.8, 4) is 0 Å². The molecule has 1 rings (SSSR count). The van der Waals surface area contributed by atoms with Gasteiger partial charge in [0.1, 0.15) is 11.6 Å². The van der Waals surface area contributed by atoms with Crippen molar-refractivity contribution in [1.82, 2.24) is 9.97 Å². The minimum absolute atomic E-state index is 0.00807. The number of nitrogens with zero attached hydrogens (tertiary/aromatic N) is 2. The fraction of sp³-hybridized carbons (Fsp3) is 0.692. The third-order valence-corrected chi connectivity index (χ3v) is 2.62. The second kappa shape index (κ2) is 4.40. The molecule has 3 nitrogen and oxygen atoms in total. The second-order valence-corrected chi connectivity index (χ2v) is 5.55. The van der Waals surface area contributed by atoms with Crippen LogP contribution in [0.25, 0.3) is 0 Å². The maximum atomic E-state index is 4.62. The lowest BCUT2D eigenvalue weighted by molar-refractivity contribution is 0.541. The Morgan fingerprint density at radius 2 is 1.69 bits per heavy atom. The molecule has 1 heterocycles. The first-order valence-electron chi connectivity index (χ1n) is 5.84. The summed E-state index contributed by atoms with van der Waals surface area (Å²) >= 11 is 0. The Bertz CT molecular complexity index is 375. The normalized spacial score (nSPS) is 12.0. The quantitative estimate of drug-likeness (QED) is 0.833. The lowest BCUT2D eigenvalue weighted by atomic mass is 9.94. The van der Waals surface area contributed by atoms with Gasteiger partial charge in [0.15, 0.2) is 0 Å². The highest BCUT2D eigenvalue weighted by Gasteiger charge is 2.21. The van der Waals surface area contributed by atoms with Gasteiger partial charge in [-0.3, -0.25) is 0 Å². The molecule has 0 saturated heterocycles. The summed E-state index contributed by atoms with van der Waals surface area (Å²) in [6.07, 6.45) is 0. The van der Waals surface area contributed by atoms with Crippen molar-refractivity contribution in [2.45, 2.75) is 52.9 Å². The molecule has 0 unspecified atom stereocenters. The van der Waals surface area contributed by atoms with Crippen LogP contribution in [0.3, 0.4) is 0 Å². The smallest absolute Gasteiger partial charge is 0.136 e. The van der Waals surface area contributed by atoms with Gasteiger partial charge in [-0.25, -0.2) is 9.97 Å². The first-order chi connectivity index (χ1) is 7.27. The Labute approximate surface area is 98.7 Å². The number of aryl methyl sites for hydroxylation is 1. The monoisotopic (exact) mass is 221 g/mol. The van der Waals surface area contributed by atoms with E-state index in [0.717, 1.165) is 17.3 Å². The summed E-state index contributed by atoms with van der Waals surface area (Å²) in [5, 5.41) is 3.18. The predicted octanol–water partition coefficient (Wildman–Crippen LogP) is 3.25. The van der Waals surface area contributed by atoms with Crippen LogP contribution >= 0.6 is 0 Å². The molecule has 1 aromatic rings. The van der Waals surface area contributed by atoms with Crippen molar-refractivity contribution in [3.05, 3.63) is 17.1 Å². The zero-order chi connectivity index (χ0) is 12.5. The average molecular weight is 221 g/mol. The van der Waals surface area contributed by atoms with Crippen LogP contribution in [0.2, 0.25) is 0 Å². The van der Waals surface area contributed by atoms with Gasteiger partial charge in [-0.1, -0.05) is 34.6 Å². The van der Waals surface area contributed by atoms with E-state index in [4.69, 9.17) is 0 Å². The molecule has 0 saturated carbocycles. The average Bonchev–Trinajstić information content (AvgIpc) is 2.14. The number of aromatic nitrogens is 2. The summed E-state index contributed by atoms with van der Waals surface area (Å²) in [6.45, 7) is 12.8. The minimum Gasteiger partial charge on any atom is -0.373 e. The highest BCUT2D eigenvalue weighted by atomic mass is 15.0. The van der Waals surface area contributed by atoms with Crippen molar-refractivity contribution in [2.75, 3.05) is 12.4 Å². The van der Waals surface area contributed by atoms with Crippen LogP contribution in [0.4, 0.5) is 5.82 Å². The molecule has 1 aromatic heterocycles. The van der Waals surface area contributed by atoms with Gasteiger partial charge < -0.3 is 5.32 Å². The fourth-order valence-corrected chi connectivity index (χ4v) is 1.80. The maximum Gasteiger partial charge on any atom is 0.136 e. The third kappa shape index (κ3) is 2.52. The van der Waals surface area contributed by atoms with Crippen molar-refractivity contribution in [3.63, 3.8) is 0 Å². The van der Waals surface area contributed by atoms with Crippen molar-refractivity contribution in [1.29, 1.82) is 0 Å². The van der Waals surface area contributed by atoms with E-state index in [2.05, 4.69) is 56.8 Å². The molecule has 0 aliphatic rings. The molecule has 0 atom stereocenters. The zero-order valence-corrected chi connectivity index (χ0v) is 11.5. The molecule has 0 aromatic carbocycles. The van der Waals surface area contributed by atoms with Crippen molar-refractivity contribution >= 4 is 5.82 Å². The van der Waals surface area contributed by atoms with E-state index in [-0.39, 0.29) is 5.41 Å². The Hall–Kier alpha value is -1.12. The van der Waals surface area contributed by atoms with Crippen LogP contribution < -0.4 is 5.32 Å². The van der Waals surface area contributed by atoms with E-state index >= 15 is 0 Å². The molecular formula is C13H23N3. The van der Waals surface area contributed by atoms with Gasteiger partial charge in [-0.15, -0.1) is 0 Å². The van der Waals surface area contributed by atoms with E-state index in [0.29, 0.717) is 5.92 Å². The summed E-state index contributed by atoms with van der Waals surface area (Å²) in [6, 6.07) is 0. The van der Waals surface area contributed by atoms with Gasteiger partial charge in [0.25, 0.3) is 0 Å². The van der Waals surface area contributed by atoms with Gasteiger partial charge in [-0.2, -0.15) is 0 Å². The molecule has 0 aliphatic carbocycles. The SMILES string of the molecule is CNc1nc(C(C)(C)C)nc(C)c1C(C)C. The summed E-state index contributed by atoms with van der Waals surface area (Å²) in [7, 11) is 1.92. The number of hydrogen-bond donors (Lipinski definition) is 1. The van der Waals surface area contributed by atoms with E-state index in [9.17, 15) is 0 Å². The molecule has 16 heavy (non-hydrogen) atoms. The number of anilines is 1.